The number of amides is 2. The second-order valence-electron chi connectivity index (χ2n) is 10.7. The number of urea groups is 1. The second-order valence-corrected chi connectivity index (χ2v) is 11.5. The SMILES string of the molecule is Cc1cc(C)c(-n2c(C)csc2=NC(=O)NC(C)C(F)c2ccc(-c3ncn(-c4ccc(OC(F)(F)F)cc4)n3)cc2)c(C)c1. The Kier molecular flexibility index (Phi) is 8.91. The van der Waals surface area contributed by atoms with Gasteiger partial charge in [0.15, 0.2) is 10.6 Å². The number of halogens is 4. The number of carbonyl (C=O) groups excluding carboxylic acids is 1. The normalized spacial score (nSPS) is 13.5. The highest BCUT2D eigenvalue weighted by molar-refractivity contribution is 7.07. The van der Waals surface area contributed by atoms with E-state index in [1.807, 2.05) is 37.6 Å². The predicted molar refractivity (Wildman–Crippen MR) is 163 cm³/mol. The number of alkyl halides is 4. The first kappa shape index (κ1) is 31.6. The fourth-order valence-electron chi connectivity index (χ4n) is 5.08. The van der Waals surface area contributed by atoms with E-state index in [1.54, 1.807) is 31.2 Å². The number of nitrogens with one attached hydrogen (secondary N) is 1. The number of thiazole rings is 1. The van der Waals surface area contributed by atoms with Crippen LogP contribution in [0.3, 0.4) is 0 Å². The zero-order chi connectivity index (χ0) is 32.5. The van der Waals surface area contributed by atoms with Gasteiger partial charge in [0, 0.05) is 16.6 Å². The summed E-state index contributed by atoms with van der Waals surface area (Å²) in [6.45, 7) is 9.59. The van der Waals surface area contributed by atoms with Crippen LogP contribution in [0.1, 0.15) is 41.0 Å². The summed E-state index contributed by atoms with van der Waals surface area (Å²) in [7, 11) is 0. The average molecular weight is 639 g/mol. The Bertz CT molecular complexity index is 1870. The number of aryl methyl sites for hydroxylation is 4. The quantitative estimate of drug-likeness (QED) is 0.186. The van der Waals surface area contributed by atoms with Gasteiger partial charge in [-0.2, -0.15) is 4.99 Å². The molecule has 0 spiro atoms. The van der Waals surface area contributed by atoms with Gasteiger partial charge in [0.05, 0.1) is 17.4 Å². The van der Waals surface area contributed by atoms with Crippen molar-refractivity contribution >= 4 is 17.4 Å². The first-order valence-corrected chi connectivity index (χ1v) is 14.8. The maximum absolute atomic E-state index is 15.4. The molecular weight excluding hydrogens is 608 g/mol. The molecule has 0 aliphatic heterocycles. The van der Waals surface area contributed by atoms with E-state index in [0.717, 1.165) is 28.1 Å². The summed E-state index contributed by atoms with van der Waals surface area (Å²) in [5, 5.41) is 8.94. The molecule has 0 saturated carbocycles. The van der Waals surface area contributed by atoms with E-state index in [2.05, 4.69) is 37.3 Å². The Labute approximate surface area is 260 Å². The summed E-state index contributed by atoms with van der Waals surface area (Å²) >= 11 is 1.34. The maximum atomic E-state index is 15.4. The van der Waals surface area contributed by atoms with Crippen LogP contribution in [-0.2, 0) is 0 Å². The molecule has 0 bridgehead atoms. The summed E-state index contributed by atoms with van der Waals surface area (Å²) < 4.78 is 59.9. The first-order chi connectivity index (χ1) is 21.3. The van der Waals surface area contributed by atoms with Gasteiger partial charge in [-0.25, -0.2) is 18.9 Å². The minimum absolute atomic E-state index is 0.339. The van der Waals surface area contributed by atoms with Crippen LogP contribution in [0.15, 0.2) is 77.4 Å². The predicted octanol–water partition coefficient (Wildman–Crippen LogP) is 7.63. The molecule has 3 aromatic carbocycles. The van der Waals surface area contributed by atoms with Crippen LogP contribution in [-0.4, -0.2) is 37.8 Å². The zero-order valence-corrected chi connectivity index (χ0v) is 25.9. The molecule has 2 heterocycles. The molecule has 5 rings (SSSR count). The molecule has 13 heteroatoms. The molecule has 0 radical (unpaired) electrons. The molecule has 2 aromatic heterocycles. The Hall–Kier alpha value is -4.78. The number of hydrogen-bond acceptors (Lipinski definition) is 5. The van der Waals surface area contributed by atoms with Crippen molar-refractivity contribution < 1.29 is 27.1 Å². The van der Waals surface area contributed by atoms with E-state index in [4.69, 9.17) is 0 Å². The lowest BCUT2D eigenvalue weighted by atomic mass is 10.0. The Morgan fingerprint density at radius 2 is 1.64 bits per heavy atom. The van der Waals surface area contributed by atoms with Crippen molar-refractivity contribution in [2.45, 2.75) is 53.2 Å². The lowest BCUT2D eigenvalue weighted by Crippen LogP contribution is -2.35. The first-order valence-electron chi connectivity index (χ1n) is 13.9. The molecule has 8 nitrogen and oxygen atoms in total. The number of ether oxygens (including phenoxy) is 1. The molecule has 2 atom stereocenters. The van der Waals surface area contributed by atoms with Gasteiger partial charge in [-0.3, -0.25) is 4.57 Å². The molecule has 0 aliphatic carbocycles. The molecule has 45 heavy (non-hydrogen) atoms. The third-order valence-corrected chi connectivity index (χ3v) is 7.98. The van der Waals surface area contributed by atoms with Crippen molar-refractivity contribution in [3.63, 3.8) is 0 Å². The van der Waals surface area contributed by atoms with Gasteiger partial charge in [-0.1, -0.05) is 42.0 Å². The molecule has 2 unspecified atom stereocenters. The van der Waals surface area contributed by atoms with Crippen LogP contribution in [0, 0.1) is 27.7 Å². The number of rotatable bonds is 7. The van der Waals surface area contributed by atoms with Gasteiger partial charge in [-0.15, -0.1) is 29.6 Å². The molecule has 0 fully saturated rings. The van der Waals surface area contributed by atoms with Crippen molar-refractivity contribution in [3.8, 4) is 28.5 Å². The van der Waals surface area contributed by atoms with Crippen LogP contribution in [0.4, 0.5) is 22.4 Å². The monoisotopic (exact) mass is 638 g/mol. The zero-order valence-electron chi connectivity index (χ0n) is 25.1. The maximum Gasteiger partial charge on any atom is 0.573 e. The number of nitrogens with zero attached hydrogens (tertiary/aromatic N) is 5. The van der Waals surface area contributed by atoms with Crippen molar-refractivity contribution in [2.75, 3.05) is 0 Å². The minimum atomic E-state index is -4.78. The van der Waals surface area contributed by atoms with Crippen molar-refractivity contribution in [2.24, 2.45) is 4.99 Å². The fourth-order valence-corrected chi connectivity index (χ4v) is 5.94. The fraction of sp³-hybridized carbons (Fsp3) is 0.250. The largest absolute Gasteiger partial charge is 0.573 e. The van der Waals surface area contributed by atoms with E-state index in [-0.39, 0.29) is 5.75 Å². The molecule has 0 saturated heterocycles. The highest BCUT2D eigenvalue weighted by Crippen LogP contribution is 2.27. The number of benzene rings is 3. The van der Waals surface area contributed by atoms with Gasteiger partial charge in [0.1, 0.15) is 18.2 Å². The van der Waals surface area contributed by atoms with Gasteiger partial charge in [0.2, 0.25) is 0 Å². The van der Waals surface area contributed by atoms with Crippen LogP contribution < -0.4 is 14.9 Å². The van der Waals surface area contributed by atoms with E-state index < -0.39 is 24.6 Å². The summed E-state index contributed by atoms with van der Waals surface area (Å²) in [6.07, 6.45) is -4.87. The number of hydrogen-bond donors (Lipinski definition) is 1. The molecule has 5 aromatic rings. The van der Waals surface area contributed by atoms with Gasteiger partial charge in [-0.05, 0) is 75.6 Å². The van der Waals surface area contributed by atoms with Crippen LogP contribution in [0.5, 0.6) is 5.75 Å². The van der Waals surface area contributed by atoms with E-state index in [1.165, 1.54) is 46.6 Å². The summed E-state index contributed by atoms with van der Waals surface area (Å²) in [5.41, 5.74) is 6.60. The smallest absolute Gasteiger partial charge is 0.406 e. The van der Waals surface area contributed by atoms with Gasteiger partial charge < -0.3 is 10.1 Å². The highest BCUT2D eigenvalue weighted by atomic mass is 32.1. The molecule has 234 valence electrons. The van der Waals surface area contributed by atoms with Gasteiger partial charge >= 0.3 is 12.4 Å². The highest BCUT2D eigenvalue weighted by Gasteiger charge is 2.31. The van der Waals surface area contributed by atoms with Gasteiger partial charge in [0.25, 0.3) is 0 Å². The van der Waals surface area contributed by atoms with E-state index in [0.29, 0.717) is 27.4 Å². The van der Waals surface area contributed by atoms with Crippen molar-refractivity contribution in [1.29, 1.82) is 0 Å². The van der Waals surface area contributed by atoms with Crippen LogP contribution in [0.2, 0.25) is 0 Å². The van der Waals surface area contributed by atoms with Crippen LogP contribution >= 0.6 is 11.3 Å². The van der Waals surface area contributed by atoms with Crippen molar-refractivity contribution in [1.82, 2.24) is 24.6 Å². The Morgan fingerprint density at radius 1 is 1.00 bits per heavy atom. The average Bonchev–Trinajstić information content (AvgIpc) is 3.59. The third kappa shape index (κ3) is 7.31. The molecule has 0 aliphatic rings. The minimum Gasteiger partial charge on any atom is -0.406 e. The number of carbonyl (C=O) groups is 1. The van der Waals surface area contributed by atoms with Crippen molar-refractivity contribution in [3.05, 3.63) is 105 Å². The van der Waals surface area contributed by atoms with Crippen LogP contribution in [0.25, 0.3) is 22.8 Å². The standard InChI is InChI=1S/C32H30F4N6O2S/c1-18-14-19(2)28(20(3)15-18)42-21(4)16-45-31(42)39-30(43)38-22(5)27(33)23-6-8-24(9-7-23)29-37-17-41(40-29)25-10-12-26(13-11-25)44-32(34,35)36/h6-17,22,27H,1-5H3,(H,38,43). The third-order valence-electron chi connectivity index (χ3n) is 7.04. The summed E-state index contributed by atoms with van der Waals surface area (Å²) in [5.74, 6) is -0.00830. The lowest BCUT2D eigenvalue weighted by Gasteiger charge is -2.18. The number of aromatic nitrogens is 4. The Morgan fingerprint density at radius 3 is 2.27 bits per heavy atom. The van der Waals surface area contributed by atoms with E-state index in [9.17, 15) is 18.0 Å². The molecule has 1 N–H and O–H groups in total. The Balaban J connectivity index is 1.26. The summed E-state index contributed by atoms with van der Waals surface area (Å²) in [6, 6.07) is 14.3. The second kappa shape index (κ2) is 12.7. The molecular formula is C32H30F4N6O2S. The topological polar surface area (TPSA) is 86.3 Å². The van der Waals surface area contributed by atoms with E-state index >= 15 is 4.39 Å². The summed E-state index contributed by atoms with van der Waals surface area (Å²) in [4.78, 5) is 21.9. The molecule has 2 amide bonds. The lowest BCUT2D eigenvalue weighted by molar-refractivity contribution is -0.274.